The molecule has 4 nitrogen and oxygen atoms in total. The number of aromatic amines is 1. The number of pyridine rings is 1. The number of para-hydroxylation sites is 1. The van der Waals surface area contributed by atoms with Gasteiger partial charge in [-0.3, -0.25) is 9.78 Å². The van der Waals surface area contributed by atoms with E-state index in [1.165, 1.54) is 10.9 Å². The highest BCUT2D eigenvalue weighted by Crippen LogP contribution is 2.19. The van der Waals surface area contributed by atoms with Crippen LogP contribution >= 0.6 is 0 Å². The fraction of sp³-hybridized carbons (Fsp3) is 0.222. The number of aromatic nitrogens is 2. The van der Waals surface area contributed by atoms with Crippen LogP contribution in [-0.2, 0) is 17.8 Å². The second kappa shape index (κ2) is 6.89. The van der Waals surface area contributed by atoms with Crippen molar-refractivity contribution < 1.29 is 4.79 Å². The van der Waals surface area contributed by atoms with Gasteiger partial charge in [-0.05, 0) is 36.1 Å². The van der Waals surface area contributed by atoms with Crippen molar-refractivity contribution in [2.75, 3.05) is 0 Å². The molecule has 2 aromatic heterocycles. The van der Waals surface area contributed by atoms with Gasteiger partial charge in [-0.15, -0.1) is 0 Å². The largest absolute Gasteiger partial charge is 0.361 e. The Kier molecular flexibility index (Phi) is 4.49. The van der Waals surface area contributed by atoms with Crippen molar-refractivity contribution in [3.05, 3.63) is 66.1 Å². The lowest BCUT2D eigenvalue weighted by Gasteiger charge is -2.05. The third-order valence-corrected chi connectivity index (χ3v) is 3.74. The Morgan fingerprint density at radius 1 is 1.18 bits per heavy atom. The molecule has 0 aliphatic carbocycles. The second-order valence-corrected chi connectivity index (χ2v) is 5.35. The lowest BCUT2D eigenvalue weighted by molar-refractivity contribution is -0.121. The quantitative estimate of drug-likeness (QED) is 0.733. The van der Waals surface area contributed by atoms with Gasteiger partial charge in [0.05, 0.1) is 0 Å². The number of carbonyl (C=O) groups is 1. The second-order valence-electron chi connectivity index (χ2n) is 5.35. The SMILES string of the molecule is O=C(CCCc1c[nH]c2ccccc12)NCc1cccnc1. The number of H-pyrrole nitrogens is 1. The van der Waals surface area contributed by atoms with E-state index in [9.17, 15) is 4.79 Å². The molecule has 1 aromatic carbocycles. The van der Waals surface area contributed by atoms with Crippen molar-refractivity contribution in [1.82, 2.24) is 15.3 Å². The van der Waals surface area contributed by atoms with Crippen LogP contribution in [0.3, 0.4) is 0 Å². The van der Waals surface area contributed by atoms with E-state index in [1.54, 1.807) is 12.4 Å². The number of carbonyl (C=O) groups excluding carboxylic acids is 1. The monoisotopic (exact) mass is 293 g/mol. The Morgan fingerprint density at radius 2 is 2.09 bits per heavy atom. The zero-order chi connectivity index (χ0) is 15.2. The van der Waals surface area contributed by atoms with Crippen LogP contribution in [0.15, 0.2) is 55.0 Å². The number of amides is 1. The minimum atomic E-state index is 0.0868. The van der Waals surface area contributed by atoms with E-state index in [4.69, 9.17) is 0 Å². The van der Waals surface area contributed by atoms with Gasteiger partial charge in [-0.25, -0.2) is 0 Å². The fourth-order valence-electron chi connectivity index (χ4n) is 2.57. The Hall–Kier alpha value is -2.62. The molecule has 3 aromatic rings. The number of rotatable bonds is 6. The number of nitrogens with one attached hydrogen (secondary N) is 2. The van der Waals surface area contributed by atoms with Gasteiger partial charge in [0, 0.05) is 42.5 Å². The highest BCUT2D eigenvalue weighted by Gasteiger charge is 2.05. The first kappa shape index (κ1) is 14.3. The van der Waals surface area contributed by atoms with E-state index < -0.39 is 0 Å². The lowest BCUT2D eigenvalue weighted by atomic mass is 10.1. The number of hydrogen-bond donors (Lipinski definition) is 2. The highest BCUT2D eigenvalue weighted by molar-refractivity contribution is 5.83. The zero-order valence-electron chi connectivity index (χ0n) is 12.4. The molecule has 4 heteroatoms. The first-order chi connectivity index (χ1) is 10.8. The van der Waals surface area contributed by atoms with Crippen LogP contribution in [0.4, 0.5) is 0 Å². The maximum atomic E-state index is 11.9. The van der Waals surface area contributed by atoms with E-state index in [0.717, 1.165) is 23.9 Å². The average molecular weight is 293 g/mol. The molecule has 0 saturated carbocycles. The van der Waals surface area contributed by atoms with Crippen LogP contribution in [0, 0.1) is 0 Å². The normalized spacial score (nSPS) is 10.7. The molecule has 0 saturated heterocycles. The van der Waals surface area contributed by atoms with E-state index in [1.807, 2.05) is 30.5 Å². The molecular formula is C18H19N3O. The molecule has 0 spiro atoms. The first-order valence-corrected chi connectivity index (χ1v) is 7.53. The molecule has 0 radical (unpaired) electrons. The predicted molar refractivity (Wildman–Crippen MR) is 87.3 cm³/mol. The predicted octanol–water partition coefficient (Wildman–Crippen LogP) is 3.20. The maximum absolute atomic E-state index is 11.9. The summed E-state index contributed by atoms with van der Waals surface area (Å²) in [6.45, 7) is 0.541. The molecule has 3 rings (SSSR count). The molecule has 2 heterocycles. The van der Waals surface area contributed by atoms with Crippen molar-refractivity contribution >= 4 is 16.8 Å². The van der Waals surface area contributed by atoms with Gasteiger partial charge in [-0.1, -0.05) is 24.3 Å². The topological polar surface area (TPSA) is 57.8 Å². The van der Waals surface area contributed by atoms with Crippen LogP contribution < -0.4 is 5.32 Å². The van der Waals surface area contributed by atoms with Crippen LogP contribution in [0.2, 0.25) is 0 Å². The van der Waals surface area contributed by atoms with Crippen molar-refractivity contribution in [2.24, 2.45) is 0 Å². The third kappa shape index (κ3) is 3.52. The summed E-state index contributed by atoms with van der Waals surface area (Å²) < 4.78 is 0. The Balaban J connectivity index is 1.45. The van der Waals surface area contributed by atoms with Crippen molar-refractivity contribution in [1.29, 1.82) is 0 Å². The van der Waals surface area contributed by atoms with Gasteiger partial charge in [-0.2, -0.15) is 0 Å². The number of hydrogen-bond acceptors (Lipinski definition) is 2. The number of benzene rings is 1. The summed E-state index contributed by atoms with van der Waals surface area (Å²) >= 11 is 0. The third-order valence-electron chi connectivity index (χ3n) is 3.74. The average Bonchev–Trinajstić information content (AvgIpc) is 2.97. The van der Waals surface area contributed by atoms with Gasteiger partial charge in [0.15, 0.2) is 0 Å². The van der Waals surface area contributed by atoms with Gasteiger partial charge in [0.2, 0.25) is 5.91 Å². The van der Waals surface area contributed by atoms with E-state index >= 15 is 0 Å². The first-order valence-electron chi connectivity index (χ1n) is 7.53. The minimum Gasteiger partial charge on any atom is -0.361 e. The standard InChI is InChI=1S/C18H19N3O/c22-18(21-12-14-5-4-10-19-11-14)9-3-6-15-13-20-17-8-2-1-7-16(15)17/h1-2,4-5,7-8,10-11,13,20H,3,6,9,12H2,(H,21,22). The lowest BCUT2D eigenvalue weighted by Crippen LogP contribution is -2.22. The van der Waals surface area contributed by atoms with Gasteiger partial charge >= 0.3 is 0 Å². The molecule has 0 fully saturated rings. The summed E-state index contributed by atoms with van der Waals surface area (Å²) in [5.41, 5.74) is 3.45. The minimum absolute atomic E-state index is 0.0868. The number of fused-ring (bicyclic) bond motifs is 1. The molecule has 112 valence electrons. The van der Waals surface area contributed by atoms with Crippen molar-refractivity contribution in [3.8, 4) is 0 Å². The molecule has 0 unspecified atom stereocenters. The molecule has 0 aliphatic heterocycles. The van der Waals surface area contributed by atoms with Crippen LogP contribution in [0.5, 0.6) is 0 Å². The zero-order valence-corrected chi connectivity index (χ0v) is 12.4. The van der Waals surface area contributed by atoms with Crippen LogP contribution in [0.1, 0.15) is 24.0 Å². The van der Waals surface area contributed by atoms with Gasteiger partial charge in [0.1, 0.15) is 0 Å². The summed E-state index contributed by atoms with van der Waals surface area (Å²) in [5.74, 6) is 0.0868. The summed E-state index contributed by atoms with van der Waals surface area (Å²) in [6, 6.07) is 12.1. The van der Waals surface area contributed by atoms with Crippen molar-refractivity contribution in [2.45, 2.75) is 25.8 Å². The van der Waals surface area contributed by atoms with Crippen LogP contribution in [0.25, 0.3) is 10.9 Å². The summed E-state index contributed by atoms with van der Waals surface area (Å²) in [5, 5.41) is 4.18. The van der Waals surface area contributed by atoms with Crippen LogP contribution in [-0.4, -0.2) is 15.9 Å². The van der Waals surface area contributed by atoms with Gasteiger partial charge < -0.3 is 10.3 Å². The fourth-order valence-corrected chi connectivity index (χ4v) is 2.57. The number of aryl methyl sites for hydroxylation is 1. The van der Waals surface area contributed by atoms with Gasteiger partial charge in [0.25, 0.3) is 0 Å². The molecule has 2 N–H and O–H groups in total. The van der Waals surface area contributed by atoms with E-state index in [2.05, 4.69) is 27.4 Å². The number of nitrogens with zero attached hydrogens (tertiary/aromatic N) is 1. The van der Waals surface area contributed by atoms with E-state index in [0.29, 0.717) is 13.0 Å². The Bertz CT molecular complexity index is 749. The molecule has 1 amide bonds. The molecular weight excluding hydrogens is 274 g/mol. The summed E-state index contributed by atoms with van der Waals surface area (Å²) in [4.78, 5) is 19.2. The molecule has 22 heavy (non-hydrogen) atoms. The molecule has 0 atom stereocenters. The highest BCUT2D eigenvalue weighted by atomic mass is 16.1. The van der Waals surface area contributed by atoms with E-state index in [-0.39, 0.29) is 5.91 Å². The Labute approximate surface area is 129 Å². The van der Waals surface area contributed by atoms with Crippen molar-refractivity contribution in [3.63, 3.8) is 0 Å². The summed E-state index contributed by atoms with van der Waals surface area (Å²) in [7, 11) is 0. The maximum Gasteiger partial charge on any atom is 0.220 e. The molecule has 0 bridgehead atoms. The molecule has 0 aliphatic rings. The summed E-state index contributed by atoms with van der Waals surface area (Å²) in [6.07, 6.45) is 7.84. The Morgan fingerprint density at radius 3 is 2.95 bits per heavy atom. The smallest absolute Gasteiger partial charge is 0.220 e.